The smallest absolute Gasteiger partial charge is 0.149 e. The molecule has 1 heterocycles. The summed E-state index contributed by atoms with van der Waals surface area (Å²) in [6.45, 7) is 0. The molecule has 0 aliphatic rings. The van der Waals surface area contributed by atoms with Gasteiger partial charge in [-0.25, -0.2) is 4.98 Å². The lowest BCUT2D eigenvalue weighted by molar-refractivity contribution is 0.415. The number of nitriles is 1. The van der Waals surface area contributed by atoms with Crippen molar-refractivity contribution in [2.75, 3.05) is 12.4 Å². The molecule has 0 unspecified atom stereocenters. The van der Waals surface area contributed by atoms with Crippen LogP contribution in [0.3, 0.4) is 0 Å². The minimum Gasteiger partial charge on any atom is -0.497 e. The Morgan fingerprint density at radius 3 is 2.20 bits per heavy atom. The lowest BCUT2D eigenvalue weighted by Crippen LogP contribution is -2.01. The minimum absolute atomic E-state index is 0.499. The second kappa shape index (κ2) is 8.81. The van der Waals surface area contributed by atoms with Crippen LogP contribution in [-0.4, -0.2) is 12.1 Å². The Morgan fingerprint density at radius 1 is 0.900 bits per heavy atom. The molecule has 0 spiro atoms. The summed E-state index contributed by atoms with van der Waals surface area (Å²) in [5.74, 6) is 1.30. The minimum atomic E-state index is 0.499. The van der Waals surface area contributed by atoms with Crippen molar-refractivity contribution in [3.05, 3.63) is 95.0 Å². The molecule has 3 aromatic carbocycles. The van der Waals surface area contributed by atoms with Gasteiger partial charge in [-0.3, -0.25) is 0 Å². The van der Waals surface area contributed by atoms with E-state index in [4.69, 9.17) is 9.72 Å². The number of methoxy groups -OCH3 is 1. The van der Waals surface area contributed by atoms with Gasteiger partial charge in [0.05, 0.1) is 12.8 Å². The van der Waals surface area contributed by atoms with Gasteiger partial charge < -0.3 is 10.1 Å². The van der Waals surface area contributed by atoms with Crippen molar-refractivity contribution in [1.82, 2.24) is 4.98 Å². The molecule has 0 saturated carbocycles. The van der Waals surface area contributed by atoms with Crippen LogP contribution in [-0.2, 0) is 0 Å². The zero-order valence-corrected chi connectivity index (χ0v) is 17.8. The summed E-state index contributed by atoms with van der Waals surface area (Å²) < 4.78 is 6.25. The number of anilines is 2. The second-order valence-corrected chi connectivity index (χ2v) is 7.53. The highest BCUT2D eigenvalue weighted by Crippen LogP contribution is 2.34. The van der Waals surface area contributed by atoms with Gasteiger partial charge in [0.2, 0.25) is 0 Å². The molecule has 30 heavy (non-hydrogen) atoms. The average molecular weight is 456 g/mol. The van der Waals surface area contributed by atoms with Crippen LogP contribution < -0.4 is 10.1 Å². The first-order valence-electron chi connectivity index (χ1n) is 9.35. The molecule has 0 saturated heterocycles. The summed E-state index contributed by atoms with van der Waals surface area (Å²) in [5, 5.41) is 13.3. The van der Waals surface area contributed by atoms with Gasteiger partial charge in [0.1, 0.15) is 23.2 Å². The Bertz CT molecular complexity index is 1200. The van der Waals surface area contributed by atoms with Crippen LogP contribution in [0.15, 0.2) is 89.4 Å². The Balaban J connectivity index is 1.89. The van der Waals surface area contributed by atoms with Crippen LogP contribution >= 0.6 is 15.9 Å². The number of benzene rings is 3. The van der Waals surface area contributed by atoms with Gasteiger partial charge in [0.25, 0.3) is 0 Å². The predicted octanol–water partition coefficient (Wildman–Crippen LogP) is 6.80. The number of nitrogens with one attached hydrogen (secondary N) is 1. The third kappa shape index (κ3) is 4.19. The highest BCUT2D eigenvalue weighted by molar-refractivity contribution is 9.10. The first-order chi connectivity index (χ1) is 14.7. The number of hydrogen-bond acceptors (Lipinski definition) is 4. The molecule has 5 heteroatoms. The fraction of sp³-hybridized carbons (Fsp3) is 0.0400. The number of hydrogen-bond donors (Lipinski definition) is 1. The largest absolute Gasteiger partial charge is 0.497 e. The Morgan fingerprint density at radius 2 is 1.57 bits per heavy atom. The van der Waals surface area contributed by atoms with E-state index in [0.29, 0.717) is 11.4 Å². The van der Waals surface area contributed by atoms with Crippen LogP contribution in [0.4, 0.5) is 11.5 Å². The van der Waals surface area contributed by atoms with Crippen LogP contribution in [0.2, 0.25) is 0 Å². The first-order valence-corrected chi connectivity index (χ1v) is 10.1. The molecule has 1 aromatic heterocycles. The number of nitrogens with zero attached hydrogens (tertiary/aromatic N) is 2. The summed E-state index contributed by atoms with van der Waals surface area (Å²) in [5.41, 5.74) is 4.85. The second-order valence-electron chi connectivity index (χ2n) is 6.62. The van der Waals surface area contributed by atoms with Gasteiger partial charge in [-0.2, -0.15) is 5.26 Å². The van der Waals surface area contributed by atoms with E-state index >= 15 is 0 Å². The van der Waals surface area contributed by atoms with Crippen molar-refractivity contribution < 1.29 is 4.74 Å². The molecule has 4 nitrogen and oxygen atoms in total. The van der Waals surface area contributed by atoms with Crippen LogP contribution in [0.25, 0.3) is 22.4 Å². The molecule has 1 N–H and O–H groups in total. The zero-order valence-electron chi connectivity index (χ0n) is 16.3. The quantitative estimate of drug-likeness (QED) is 0.359. The maximum Gasteiger partial charge on any atom is 0.149 e. The maximum absolute atomic E-state index is 9.97. The van der Waals surface area contributed by atoms with Crippen molar-refractivity contribution in [3.63, 3.8) is 0 Å². The fourth-order valence-electron chi connectivity index (χ4n) is 3.17. The number of para-hydroxylation sites is 1. The van der Waals surface area contributed by atoms with E-state index in [1.807, 2.05) is 84.9 Å². The molecule has 0 radical (unpaired) electrons. The molecule has 0 bridgehead atoms. The highest BCUT2D eigenvalue weighted by Gasteiger charge is 2.16. The van der Waals surface area contributed by atoms with Crippen LogP contribution in [0, 0.1) is 11.3 Å². The summed E-state index contributed by atoms with van der Waals surface area (Å²) in [7, 11) is 1.64. The molecule has 0 aliphatic carbocycles. The third-order valence-electron chi connectivity index (χ3n) is 4.71. The lowest BCUT2D eigenvalue weighted by Gasteiger charge is -2.14. The number of aromatic nitrogens is 1. The average Bonchev–Trinajstić information content (AvgIpc) is 2.80. The van der Waals surface area contributed by atoms with Crippen LogP contribution in [0.5, 0.6) is 5.75 Å². The van der Waals surface area contributed by atoms with Gasteiger partial charge in [-0.15, -0.1) is 0 Å². The normalized spacial score (nSPS) is 10.3. The molecule has 146 valence electrons. The molecule has 4 rings (SSSR count). The summed E-state index contributed by atoms with van der Waals surface area (Å²) >= 11 is 3.48. The van der Waals surface area contributed by atoms with E-state index in [2.05, 4.69) is 27.3 Å². The molecule has 0 fully saturated rings. The Kier molecular flexibility index (Phi) is 5.78. The Hall–Kier alpha value is -3.62. The molecule has 0 aliphatic heterocycles. The van der Waals surface area contributed by atoms with Crippen molar-refractivity contribution in [2.24, 2.45) is 0 Å². The monoisotopic (exact) mass is 455 g/mol. The highest BCUT2D eigenvalue weighted by atomic mass is 79.9. The number of halogens is 1. The first kappa shape index (κ1) is 19.7. The van der Waals surface area contributed by atoms with Crippen molar-refractivity contribution in [1.29, 1.82) is 5.26 Å². The summed E-state index contributed by atoms with van der Waals surface area (Å²) in [4.78, 5) is 4.78. The van der Waals surface area contributed by atoms with Crippen molar-refractivity contribution in [3.8, 4) is 34.2 Å². The van der Waals surface area contributed by atoms with Crippen LogP contribution in [0.1, 0.15) is 5.56 Å². The van der Waals surface area contributed by atoms with E-state index in [0.717, 1.165) is 38.3 Å². The molecule has 0 atom stereocenters. The lowest BCUT2D eigenvalue weighted by atomic mass is 9.98. The molecule has 4 aromatic rings. The standard InChI is InChI=1S/C25H18BrN3O/c1-30-21-13-9-18(10-14-21)24-15-22(17-7-11-19(26)12-8-17)23(16-27)25(29-24)28-20-5-3-2-4-6-20/h2-15H,1H3,(H,28,29). The Labute approximate surface area is 183 Å². The van der Waals surface area contributed by atoms with Gasteiger partial charge in [-0.1, -0.05) is 46.3 Å². The van der Waals surface area contributed by atoms with E-state index in [1.54, 1.807) is 7.11 Å². The number of pyridine rings is 1. The fourth-order valence-corrected chi connectivity index (χ4v) is 3.44. The maximum atomic E-state index is 9.97. The molecular formula is C25H18BrN3O. The summed E-state index contributed by atoms with van der Waals surface area (Å²) in [6.07, 6.45) is 0. The van der Waals surface area contributed by atoms with Crippen molar-refractivity contribution >= 4 is 27.4 Å². The van der Waals surface area contributed by atoms with E-state index in [-0.39, 0.29) is 0 Å². The van der Waals surface area contributed by atoms with Gasteiger partial charge in [-0.05, 0) is 60.2 Å². The summed E-state index contributed by atoms with van der Waals surface area (Å²) in [6, 6.07) is 29.7. The number of rotatable bonds is 5. The number of ether oxygens (including phenoxy) is 1. The van der Waals surface area contributed by atoms with Gasteiger partial charge in [0, 0.05) is 21.3 Å². The zero-order chi connectivity index (χ0) is 20.9. The molecular weight excluding hydrogens is 438 g/mol. The third-order valence-corrected chi connectivity index (χ3v) is 5.24. The molecule has 0 amide bonds. The van der Waals surface area contributed by atoms with E-state index in [1.165, 1.54) is 0 Å². The predicted molar refractivity (Wildman–Crippen MR) is 124 cm³/mol. The van der Waals surface area contributed by atoms with Gasteiger partial charge in [0.15, 0.2) is 0 Å². The van der Waals surface area contributed by atoms with E-state index in [9.17, 15) is 5.26 Å². The topological polar surface area (TPSA) is 57.9 Å². The van der Waals surface area contributed by atoms with E-state index < -0.39 is 0 Å². The SMILES string of the molecule is COc1ccc(-c2cc(-c3ccc(Br)cc3)c(C#N)c(Nc3ccccc3)n2)cc1. The van der Waals surface area contributed by atoms with Crippen molar-refractivity contribution in [2.45, 2.75) is 0 Å². The van der Waals surface area contributed by atoms with Gasteiger partial charge >= 0.3 is 0 Å².